The molecule has 1 unspecified atom stereocenters. The van der Waals surface area contributed by atoms with E-state index in [1.54, 1.807) is 24.1 Å². The van der Waals surface area contributed by atoms with Gasteiger partial charge in [-0.1, -0.05) is 47.9 Å². The summed E-state index contributed by atoms with van der Waals surface area (Å²) in [6.07, 6.45) is 0. The number of aromatic nitrogens is 2. The number of rotatable bonds is 4. The highest BCUT2D eigenvalue weighted by atomic mass is 16.5. The van der Waals surface area contributed by atoms with Gasteiger partial charge in [-0.15, -0.1) is 0 Å². The molecule has 1 aromatic heterocycles. The zero-order valence-corrected chi connectivity index (χ0v) is 16.4. The van der Waals surface area contributed by atoms with Crippen molar-refractivity contribution in [2.24, 2.45) is 0 Å². The topological polar surface area (TPSA) is 58.2 Å². The maximum atomic E-state index is 13.4. The summed E-state index contributed by atoms with van der Waals surface area (Å²) < 4.78 is 5.27. The van der Waals surface area contributed by atoms with Gasteiger partial charge in [-0.05, 0) is 42.0 Å². The smallest absolute Gasteiger partial charge is 0.277 e. The fourth-order valence-electron chi connectivity index (χ4n) is 3.97. The molecule has 4 aromatic rings. The lowest BCUT2D eigenvalue weighted by Gasteiger charge is -2.26. The van der Waals surface area contributed by atoms with Crippen molar-refractivity contribution in [3.63, 3.8) is 0 Å². The Labute approximate surface area is 175 Å². The van der Waals surface area contributed by atoms with Crippen LogP contribution in [-0.4, -0.2) is 31.1 Å². The maximum absolute atomic E-state index is 13.4. The van der Waals surface area contributed by atoms with Crippen molar-refractivity contribution in [3.8, 4) is 17.0 Å². The number of H-pyrrole nitrogens is 1. The third-order valence-corrected chi connectivity index (χ3v) is 5.42. The first-order chi connectivity index (χ1) is 14.7. The van der Waals surface area contributed by atoms with Crippen LogP contribution < -0.4 is 15.1 Å². The molecule has 2 radical (unpaired) electrons. The largest absolute Gasteiger partial charge is 0.497 e. The van der Waals surface area contributed by atoms with Crippen molar-refractivity contribution in [2.75, 3.05) is 12.0 Å². The number of carbonyl (C=O) groups excluding carboxylic acids is 1. The maximum Gasteiger partial charge on any atom is 0.277 e. The molecular formula is C24H18BN3O2. The summed E-state index contributed by atoms with van der Waals surface area (Å²) >= 11 is 0. The molecule has 0 saturated carbocycles. The molecule has 0 spiro atoms. The van der Waals surface area contributed by atoms with Crippen LogP contribution in [0.1, 0.15) is 27.7 Å². The van der Waals surface area contributed by atoms with E-state index in [1.165, 1.54) is 0 Å². The van der Waals surface area contributed by atoms with Gasteiger partial charge in [0.25, 0.3) is 5.91 Å². The first kappa shape index (κ1) is 18.2. The number of carbonyl (C=O) groups is 1. The Bertz CT molecular complexity index is 1200. The summed E-state index contributed by atoms with van der Waals surface area (Å²) in [7, 11) is 7.50. The minimum Gasteiger partial charge on any atom is -0.497 e. The molecule has 1 aliphatic rings. The van der Waals surface area contributed by atoms with Gasteiger partial charge >= 0.3 is 0 Å². The molecule has 6 heteroatoms. The highest BCUT2D eigenvalue weighted by Crippen LogP contribution is 2.44. The number of hydrogen-bond acceptors (Lipinski definition) is 3. The number of hydrogen-bond donors (Lipinski definition) is 1. The van der Waals surface area contributed by atoms with E-state index in [-0.39, 0.29) is 11.9 Å². The Morgan fingerprint density at radius 3 is 2.33 bits per heavy atom. The fourth-order valence-corrected chi connectivity index (χ4v) is 3.97. The van der Waals surface area contributed by atoms with Crippen LogP contribution in [0, 0.1) is 0 Å². The van der Waals surface area contributed by atoms with Crippen molar-refractivity contribution in [3.05, 3.63) is 95.7 Å². The van der Waals surface area contributed by atoms with E-state index in [0.717, 1.165) is 33.8 Å². The second-order valence-corrected chi connectivity index (χ2v) is 7.17. The molecule has 3 aromatic carbocycles. The van der Waals surface area contributed by atoms with Crippen LogP contribution in [0.2, 0.25) is 0 Å². The van der Waals surface area contributed by atoms with E-state index in [0.29, 0.717) is 11.2 Å². The van der Waals surface area contributed by atoms with E-state index in [4.69, 9.17) is 12.6 Å². The summed E-state index contributed by atoms with van der Waals surface area (Å²) in [5, 5.41) is 7.48. The standard InChI is InChI=1S/C24H18BN3O2/c1-30-19-13-7-15(8-14-19)21-20-22(27-26-21)24(29)28(18-11-9-17(25)10-12-18)23(20)16-5-3-2-4-6-16/h2-14,23H,1H3,(H,26,27). The Morgan fingerprint density at radius 1 is 0.967 bits per heavy atom. The molecule has 0 fully saturated rings. The van der Waals surface area contributed by atoms with Crippen LogP contribution in [0.25, 0.3) is 11.3 Å². The van der Waals surface area contributed by atoms with Crippen LogP contribution >= 0.6 is 0 Å². The number of nitrogens with one attached hydrogen (secondary N) is 1. The predicted molar refractivity (Wildman–Crippen MR) is 118 cm³/mol. The molecule has 1 N–H and O–H groups in total. The molecule has 1 aliphatic heterocycles. The highest BCUT2D eigenvalue weighted by molar-refractivity contribution is 6.32. The summed E-state index contributed by atoms with van der Waals surface area (Å²) in [5.41, 5.74) is 5.50. The van der Waals surface area contributed by atoms with Crippen LogP contribution in [0.5, 0.6) is 5.75 Å². The Hall–Kier alpha value is -3.80. The van der Waals surface area contributed by atoms with E-state index >= 15 is 0 Å². The van der Waals surface area contributed by atoms with Crippen LogP contribution in [0.15, 0.2) is 78.9 Å². The summed E-state index contributed by atoms with van der Waals surface area (Å²) in [5.74, 6) is 0.654. The normalized spacial score (nSPS) is 15.3. The Morgan fingerprint density at radius 2 is 1.67 bits per heavy atom. The average Bonchev–Trinajstić information content (AvgIpc) is 3.34. The SMILES string of the molecule is [B]c1ccc(N2C(=O)c3[nH]nc(-c4ccc(OC)cc4)c3C2c2ccccc2)cc1. The van der Waals surface area contributed by atoms with Crippen molar-refractivity contribution in [1.82, 2.24) is 10.2 Å². The molecule has 5 nitrogen and oxygen atoms in total. The number of anilines is 1. The molecule has 1 amide bonds. The molecule has 2 heterocycles. The number of ether oxygens (including phenoxy) is 1. The van der Waals surface area contributed by atoms with E-state index < -0.39 is 0 Å². The summed E-state index contributed by atoms with van der Waals surface area (Å²) in [6, 6.07) is 24.7. The summed E-state index contributed by atoms with van der Waals surface area (Å²) in [4.78, 5) is 15.2. The number of amides is 1. The number of methoxy groups -OCH3 is 1. The molecule has 0 saturated heterocycles. The second kappa shape index (κ2) is 7.23. The third-order valence-electron chi connectivity index (χ3n) is 5.42. The average molecular weight is 391 g/mol. The van der Waals surface area contributed by atoms with Crippen molar-refractivity contribution in [1.29, 1.82) is 0 Å². The third kappa shape index (κ3) is 2.89. The zero-order valence-electron chi connectivity index (χ0n) is 16.4. The number of nitrogens with zero attached hydrogens (tertiary/aromatic N) is 2. The second-order valence-electron chi connectivity index (χ2n) is 7.17. The number of benzene rings is 3. The van der Waals surface area contributed by atoms with Crippen molar-refractivity contribution in [2.45, 2.75) is 6.04 Å². The van der Waals surface area contributed by atoms with Crippen LogP contribution in [0.4, 0.5) is 5.69 Å². The number of aromatic amines is 1. The predicted octanol–water partition coefficient (Wildman–Crippen LogP) is 3.63. The lowest BCUT2D eigenvalue weighted by molar-refractivity contribution is 0.0989. The number of fused-ring (bicyclic) bond motifs is 1. The molecule has 1 atom stereocenters. The van der Waals surface area contributed by atoms with Gasteiger partial charge < -0.3 is 4.74 Å². The quantitative estimate of drug-likeness (QED) is 0.541. The molecule has 0 aliphatic carbocycles. The summed E-state index contributed by atoms with van der Waals surface area (Å²) in [6.45, 7) is 0. The first-order valence-corrected chi connectivity index (χ1v) is 9.64. The molecule has 0 bridgehead atoms. The zero-order chi connectivity index (χ0) is 20.7. The van der Waals surface area contributed by atoms with Gasteiger partial charge in [0.15, 0.2) is 0 Å². The Kier molecular flexibility index (Phi) is 4.40. The van der Waals surface area contributed by atoms with Crippen molar-refractivity contribution >= 4 is 24.9 Å². The minimum absolute atomic E-state index is 0.115. The molecular weight excluding hydrogens is 373 g/mol. The van der Waals surface area contributed by atoms with Gasteiger partial charge in [0, 0.05) is 16.8 Å². The van der Waals surface area contributed by atoms with Crippen molar-refractivity contribution < 1.29 is 9.53 Å². The minimum atomic E-state index is -0.298. The van der Waals surface area contributed by atoms with E-state index in [9.17, 15) is 4.79 Å². The van der Waals surface area contributed by atoms with Gasteiger partial charge in [0.2, 0.25) is 0 Å². The van der Waals surface area contributed by atoms with Crippen LogP contribution in [-0.2, 0) is 0 Å². The van der Waals surface area contributed by atoms with Gasteiger partial charge in [-0.25, -0.2) is 0 Å². The lowest BCUT2D eigenvalue weighted by Crippen LogP contribution is -2.29. The fraction of sp³-hybridized carbons (Fsp3) is 0.0833. The van der Waals surface area contributed by atoms with Gasteiger partial charge in [-0.3, -0.25) is 14.8 Å². The van der Waals surface area contributed by atoms with Crippen LogP contribution in [0.3, 0.4) is 0 Å². The van der Waals surface area contributed by atoms with E-state index in [2.05, 4.69) is 10.2 Å². The molecule has 144 valence electrons. The first-order valence-electron chi connectivity index (χ1n) is 9.64. The molecule has 5 rings (SSSR count). The Balaban J connectivity index is 1.69. The molecule has 30 heavy (non-hydrogen) atoms. The monoisotopic (exact) mass is 391 g/mol. The highest BCUT2D eigenvalue weighted by Gasteiger charge is 2.42. The van der Waals surface area contributed by atoms with Gasteiger partial charge in [-0.2, -0.15) is 5.10 Å². The van der Waals surface area contributed by atoms with Gasteiger partial charge in [0.1, 0.15) is 19.3 Å². The van der Waals surface area contributed by atoms with E-state index in [1.807, 2.05) is 66.7 Å². The van der Waals surface area contributed by atoms with Gasteiger partial charge in [0.05, 0.1) is 18.8 Å². The lowest BCUT2D eigenvalue weighted by atomic mass is 9.94.